The number of rotatable bonds is 59. The van der Waals surface area contributed by atoms with Crippen molar-refractivity contribution in [3.63, 3.8) is 0 Å². The molecule has 0 bridgehead atoms. The molecule has 0 aliphatic carbocycles. The molecule has 1 amide bonds. The Morgan fingerprint density at radius 3 is 1.06 bits per heavy atom. The van der Waals surface area contributed by atoms with Crippen LogP contribution in [0.1, 0.15) is 348 Å². The largest absolute Gasteiger partial charge is 0.466 e. The van der Waals surface area contributed by atoms with Crippen LogP contribution in [0.5, 0.6) is 0 Å². The van der Waals surface area contributed by atoms with Crippen molar-refractivity contribution in [1.29, 1.82) is 0 Å². The molecule has 0 saturated carbocycles. The SMILES string of the molecule is CCCC/C=C\CCCCCCCC(=O)OCCCCCCCCCCCCCC/C=C\CCCCCCCCCCCCCCCCCCC(=O)NC(CO)C(O)CCCCCCCCCCCC. The number of esters is 1. The van der Waals surface area contributed by atoms with Crippen molar-refractivity contribution in [2.75, 3.05) is 13.2 Å². The van der Waals surface area contributed by atoms with E-state index < -0.39 is 12.1 Å². The molecular formula is C64H123NO5. The van der Waals surface area contributed by atoms with Crippen LogP contribution in [-0.4, -0.2) is 47.4 Å². The van der Waals surface area contributed by atoms with Crippen LogP contribution in [0.25, 0.3) is 0 Å². The fourth-order valence-electron chi connectivity index (χ4n) is 9.85. The maximum Gasteiger partial charge on any atom is 0.305 e. The molecule has 0 saturated heterocycles. The van der Waals surface area contributed by atoms with Crippen molar-refractivity contribution in [3.05, 3.63) is 24.3 Å². The predicted octanol–water partition coefficient (Wildman–Crippen LogP) is 19.8. The molecule has 0 aliphatic rings. The van der Waals surface area contributed by atoms with Gasteiger partial charge in [0, 0.05) is 12.8 Å². The molecule has 6 nitrogen and oxygen atoms in total. The van der Waals surface area contributed by atoms with Crippen molar-refractivity contribution in [2.45, 2.75) is 360 Å². The second-order valence-corrected chi connectivity index (χ2v) is 21.7. The van der Waals surface area contributed by atoms with Crippen LogP contribution in [0, 0.1) is 0 Å². The number of nitrogens with one attached hydrogen (secondary N) is 1. The highest BCUT2D eigenvalue weighted by atomic mass is 16.5. The molecule has 70 heavy (non-hydrogen) atoms. The van der Waals surface area contributed by atoms with Crippen LogP contribution in [0.3, 0.4) is 0 Å². The molecule has 0 spiro atoms. The molecule has 414 valence electrons. The van der Waals surface area contributed by atoms with E-state index in [9.17, 15) is 19.8 Å². The van der Waals surface area contributed by atoms with Crippen molar-refractivity contribution in [1.82, 2.24) is 5.32 Å². The lowest BCUT2D eigenvalue weighted by atomic mass is 10.0. The number of ether oxygens (including phenoxy) is 1. The molecule has 0 heterocycles. The molecule has 0 aromatic carbocycles. The number of carbonyl (C=O) groups is 2. The van der Waals surface area contributed by atoms with E-state index in [4.69, 9.17) is 4.74 Å². The van der Waals surface area contributed by atoms with Gasteiger partial charge in [-0.3, -0.25) is 9.59 Å². The quantitative estimate of drug-likeness (QED) is 0.0321. The van der Waals surface area contributed by atoms with E-state index in [2.05, 4.69) is 43.5 Å². The lowest BCUT2D eigenvalue weighted by Crippen LogP contribution is -2.45. The van der Waals surface area contributed by atoms with Gasteiger partial charge in [-0.1, -0.05) is 289 Å². The average Bonchev–Trinajstić information content (AvgIpc) is 3.36. The zero-order chi connectivity index (χ0) is 50.7. The summed E-state index contributed by atoms with van der Waals surface area (Å²) in [6, 6.07) is -0.537. The number of unbranched alkanes of at least 4 members (excludes halogenated alkanes) is 44. The topological polar surface area (TPSA) is 95.9 Å². The normalized spacial score (nSPS) is 12.7. The van der Waals surface area contributed by atoms with Crippen molar-refractivity contribution in [2.24, 2.45) is 0 Å². The summed E-state index contributed by atoms with van der Waals surface area (Å²) in [6.45, 7) is 4.92. The summed E-state index contributed by atoms with van der Waals surface area (Å²) in [7, 11) is 0. The molecule has 0 fully saturated rings. The number of allylic oxidation sites excluding steroid dienone is 4. The molecule has 0 aromatic rings. The van der Waals surface area contributed by atoms with Crippen molar-refractivity contribution in [3.8, 4) is 0 Å². The lowest BCUT2D eigenvalue weighted by molar-refractivity contribution is -0.143. The van der Waals surface area contributed by atoms with Crippen LogP contribution in [0.4, 0.5) is 0 Å². The highest BCUT2D eigenvalue weighted by molar-refractivity contribution is 5.76. The Kier molecular flexibility index (Phi) is 58.5. The van der Waals surface area contributed by atoms with Crippen molar-refractivity contribution < 1.29 is 24.5 Å². The highest BCUT2D eigenvalue weighted by Crippen LogP contribution is 2.18. The smallest absolute Gasteiger partial charge is 0.305 e. The maximum atomic E-state index is 12.4. The van der Waals surface area contributed by atoms with Gasteiger partial charge in [-0.2, -0.15) is 0 Å². The Hall–Kier alpha value is -1.66. The van der Waals surface area contributed by atoms with E-state index in [1.807, 2.05) is 0 Å². The minimum absolute atomic E-state index is 0.00712. The Bertz CT molecular complexity index is 1090. The van der Waals surface area contributed by atoms with E-state index >= 15 is 0 Å². The molecule has 0 aliphatic heterocycles. The minimum Gasteiger partial charge on any atom is -0.466 e. The van der Waals surface area contributed by atoms with Gasteiger partial charge in [0.2, 0.25) is 5.91 Å². The maximum absolute atomic E-state index is 12.4. The van der Waals surface area contributed by atoms with Crippen molar-refractivity contribution >= 4 is 11.9 Å². The van der Waals surface area contributed by atoms with Gasteiger partial charge in [-0.15, -0.1) is 0 Å². The highest BCUT2D eigenvalue weighted by Gasteiger charge is 2.20. The first-order valence-electron chi connectivity index (χ1n) is 31.6. The molecule has 2 atom stereocenters. The minimum atomic E-state index is -0.660. The van der Waals surface area contributed by atoms with Crippen LogP contribution < -0.4 is 5.32 Å². The fourth-order valence-corrected chi connectivity index (χ4v) is 9.85. The zero-order valence-corrected chi connectivity index (χ0v) is 47.3. The zero-order valence-electron chi connectivity index (χ0n) is 47.3. The average molecular weight is 987 g/mol. The van der Waals surface area contributed by atoms with E-state index in [1.165, 1.54) is 270 Å². The van der Waals surface area contributed by atoms with E-state index in [0.717, 1.165) is 44.9 Å². The van der Waals surface area contributed by atoms with Gasteiger partial charge in [-0.05, 0) is 70.6 Å². The van der Waals surface area contributed by atoms with Gasteiger partial charge < -0.3 is 20.3 Å². The lowest BCUT2D eigenvalue weighted by Gasteiger charge is -2.22. The van der Waals surface area contributed by atoms with Gasteiger partial charge in [-0.25, -0.2) is 0 Å². The van der Waals surface area contributed by atoms with Crippen LogP contribution in [0.15, 0.2) is 24.3 Å². The third kappa shape index (κ3) is 55.7. The van der Waals surface area contributed by atoms with Gasteiger partial charge in [0.1, 0.15) is 0 Å². The standard InChI is InChI=1S/C64H123NO5/c1-3-5-7-9-11-13-37-42-46-50-54-58-64(69)70-59-55-51-47-43-39-36-34-32-30-28-26-24-22-20-18-16-15-17-19-21-23-25-27-29-31-33-35-38-41-45-49-53-57-63(68)65-61(60-66)62(67)56-52-48-44-40-14-12-10-8-6-4-2/h9,11,18,20,61-62,66-67H,3-8,10,12-17,19,21-60H2,1-2H3,(H,65,68)/b11-9-,20-18-. The number of amides is 1. The van der Waals surface area contributed by atoms with Gasteiger partial charge in [0.25, 0.3) is 0 Å². The third-order valence-electron chi connectivity index (χ3n) is 14.7. The van der Waals surface area contributed by atoms with E-state index in [1.54, 1.807) is 0 Å². The Labute approximate surface area is 437 Å². The predicted molar refractivity (Wildman–Crippen MR) is 306 cm³/mol. The molecule has 0 rings (SSSR count). The molecule has 0 radical (unpaired) electrons. The first-order valence-corrected chi connectivity index (χ1v) is 31.6. The second-order valence-electron chi connectivity index (χ2n) is 21.7. The molecular weight excluding hydrogens is 863 g/mol. The monoisotopic (exact) mass is 986 g/mol. The molecule has 3 N–H and O–H groups in total. The Balaban J connectivity index is 3.33. The summed E-state index contributed by atoms with van der Waals surface area (Å²) >= 11 is 0. The second kappa shape index (κ2) is 59.9. The Morgan fingerprint density at radius 2 is 0.686 bits per heavy atom. The molecule has 0 aromatic heterocycles. The number of aliphatic hydroxyl groups excluding tert-OH is 2. The number of carbonyl (C=O) groups excluding carboxylic acids is 2. The summed E-state index contributed by atoms with van der Waals surface area (Å²) in [5, 5.41) is 23.2. The van der Waals surface area contributed by atoms with Crippen LogP contribution in [-0.2, 0) is 14.3 Å². The number of hydrogen-bond acceptors (Lipinski definition) is 5. The molecule has 6 heteroatoms. The summed E-state index contributed by atoms with van der Waals surface area (Å²) < 4.78 is 5.46. The van der Waals surface area contributed by atoms with Crippen LogP contribution in [0.2, 0.25) is 0 Å². The first-order chi connectivity index (χ1) is 34.5. The fraction of sp³-hybridized carbons (Fsp3) is 0.906. The van der Waals surface area contributed by atoms with Crippen LogP contribution >= 0.6 is 0 Å². The third-order valence-corrected chi connectivity index (χ3v) is 14.7. The van der Waals surface area contributed by atoms with Gasteiger partial charge >= 0.3 is 5.97 Å². The first kappa shape index (κ1) is 68.3. The number of aliphatic hydroxyl groups is 2. The summed E-state index contributed by atoms with van der Waals surface area (Å²) in [6.07, 6.45) is 73.6. The summed E-state index contributed by atoms with van der Waals surface area (Å²) in [5.41, 5.74) is 0. The summed E-state index contributed by atoms with van der Waals surface area (Å²) in [4.78, 5) is 24.4. The van der Waals surface area contributed by atoms with Gasteiger partial charge in [0.15, 0.2) is 0 Å². The Morgan fingerprint density at radius 1 is 0.386 bits per heavy atom. The van der Waals surface area contributed by atoms with E-state index in [0.29, 0.717) is 25.9 Å². The molecule has 2 unspecified atom stereocenters. The van der Waals surface area contributed by atoms with E-state index in [-0.39, 0.29) is 18.5 Å². The summed E-state index contributed by atoms with van der Waals surface area (Å²) in [5.74, 6) is -0.0257. The number of hydrogen-bond donors (Lipinski definition) is 3. The van der Waals surface area contributed by atoms with Gasteiger partial charge in [0.05, 0.1) is 25.4 Å².